The fourth-order valence-corrected chi connectivity index (χ4v) is 4.86. The number of pyridine rings is 1. The van der Waals surface area contributed by atoms with Crippen LogP contribution in [0.25, 0.3) is 0 Å². The monoisotopic (exact) mass is 408 g/mol. The first kappa shape index (κ1) is 20.0. The van der Waals surface area contributed by atoms with Gasteiger partial charge in [0, 0.05) is 23.6 Å². The van der Waals surface area contributed by atoms with Crippen molar-refractivity contribution in [2.24, 2.45) is 0 Å². The van der Waals surface area contributed by atoms with Crippen LogP contribution >= 0.6 is 11.8 Å². The Morgan fingerprint density at radius 3 is 2.79 bits per heavy atom. The average Bonchev–Trinajstić information content (AvgIpc) is 2.61. The Bertz CT molecular complexity index is 924. The molecule has 0 bridgehead atoms. The molecule has 0 spiro atoms. The number of hydrogen-bond donors (Lipinski definition) is 3. The fourth-order valence-electron chi connectivity index (χ4n) is 3.52. The summed E-state index contributed by atoms with van der Waals surface area (Å²) in [7, 11) is 3.72. The Labute approximate surface area is 164 Å². The summed E-state index contributed by atoms with van der Waals surface area (Å²) < 4.78 is 0.302. The summed E-state index contributed by atoms with van der Waals surface area (Å²) >= 11 is 1.38. The number of nitrogens with one attached hydrogen (secondary N) is 2. The third kappa shape index (κ3) is 3.62. The number of carboxylic acids is 1. The van der Waals surface area contributed by atoms with E-state index in [0.29, 0.717) is 41.0 Å². The zero-order chi connectivity index (χ0) is 20.6. The second kappa shape index (κ2) is 7.32. The summed E-state index contributed by atoms with van der Waals surface area (Å²) in [4.78, 5) is 50.3. The van der Waals surface area contributed by atoms with Gasteiger partial charge < -0.3 is 29.8 Å². The van der Waals surface area contributed by atoms with E-state index in [1.807, 2.05) is 14.1 Å². The molecule has 0 radical (unpaired) electrons. The molecule has 150 valence electrons. The largest absolute Gasteiger partial charge is 0.543 e. The normalized spacial score (nSPS) is 21.8. The van der Waals surface area contributed by atoms with E-state index in [0.717, 1.165) is 0 Å². The number of nitrogens with zero attached hydrogens (tertiary/aromatic N) is 2. The fraction of sp³-hybridized carbons (Fsp3) is 0.412. The van der Waals surface area contributed by atoms with Gasteiger partial charge in [-0.1, -0.05) is 0 Å². The number of likely N-dealkylation sites (N-methyl/N-ethyl adjacent to an activating group) is 1. The van der Waals surface area contributed by atoms with E-state index in [1.165, 1.54) is 28.9 Å². The number of aromatic nitrogens is 1. The lowest BCUT2D eigenvalue weighted by Crippen LogP contribution is -2.70. The number of fused-ring (bicyclic) bond motifs is 1. The van der Waals surface area contributed by atoms with Gasteiger partial charge in [0.2, 0.25) is 11.8 Å². The number of amides is 2. The second-order valence-corrected chi connectivity index (χ2v) is 8.48. The molecule has 3 rings (SSSR count). The van der Waals surface area contributed by atoms with Gasteiger partial charge in [0.15, 0.2) is 5.75 Å². The maximum atomic E-state index is 12.3. The third-order valence-electron chi connectivity index (χ3n) is 4.66. The van der Waals surface area contributed by atoms with Gasteiger partial charge in [0.25, 0.3) is 5.91 Å². The number of carboxylic acid groups (broad SMARTS) is 1. The lowest BCUT2D eigenvalue weighted by molar-refractivity contribution is -0.899. The van der Waals surface area contributed by atoms with Crippen molar-refractivity contribution in [1.82, 2.24) is 15.2 Å². The summed E-state index contributed by atoms with van der Waals surface area (Å²) in [5.41, 5.74) is 0.479. The van der Waals surface area contributed by atoms with E-state index >= 15 is 0 Å². The molecule has 3 heterocycles. The minimum atomic E-state index is -1.43. The first-order chi connectivity index (χ1) is 13.1. The highest BCUT2D eigenvalue weighted by molar-refractivity contribution is 8.00. The van der Waals surface area contributed by atoms with Crippen molar-refractivity contribution in [2.75, 3.05) is 26.4 Å². The Morgan fingerprint density at radius 2 is 2.18 bits per heavy atom. The number of aromatic amines is 1. The van der Waals surface area contributed by atoms with E-state index < -0.39 is 28.7 Å². The Morgan fingerprint density at radius 1 is 1.46 bits per heavy atom. The number of aliphatic carboxylic acids is 1. The maximum Gasteiger partial charge on any atom is 0.253 e. The van der Waals surface area contributed by atoms with Gasteiger partial charge in [-0.3, -0.25) is 19.3 Å². The molecule has 28 heavy (non-hydrogen) atoms. The SMILES string of the molecule is C[N+](C)(CC1=C(C(=O)[O-])N2C(=O)[C@@H](NC=O)[C@@H]2SC1)Cc1cc(=O)c(O)c[nH]1. The number of carbonyl (C=O) groups excluding carboxylic acids is 3. The van der Waals surface area contributed by atoms with Crippen molar-refractivity contribution in [3.8, 4) is 5.75 Å². The van der Waals surface area contributed by atoms with E-state index in [9.17, 15) is 29.4 Å². The molecule has 1 aromatic rings. The molecule has 1 fully saturated rings. The van der Waals surface area contributed by atoms with Gasteiger partial charge in [0.05, 0.1) is 31.5 Å². The number of quaternary nitrogens is 1. The molecule has 10 nitrogen and oxygen atoms in total. The zero-order valence-electron chi connectivity index (χ0n) is 15.3. The van der Waals surface area contributed by atoms with Crippen molar-refractivity contribution in [3.05, 3.63) is 39.5 Å². The number of rotatable bonds is 7. The maximum absolute atomic E-state index is 12.3. The standard InChI is InChI=1S/C17H20N4O6S/c1-21(2,6-10-3-11(23)12(24)4-18-10)5-9-7-28-16-13(19-8-22)15(25)20(16)14(9)17(26)27/h3-4,8,13,16H,5-7H2,1-2H3,(H3-,18,19,22,23,24,26,27)/t13-,16+/m1/s1. The predicted octanol–water partition coefficient (Wildman–Crippen LogP) is -2.31. The summed E-state index contributed by atoms with van der Waals surface area (Å²) in [6.07, 6.45) is 1.64. The van der Waals surface area contributed by atoms with Crippen LogP contribution in [0.1, 0.15) is 5.69 Å². The van der Waals surface area contributed by atoms with Crippen LogP contribution in [0.15, 0.2) is 28.3 Å². The van der Waals surface area contributed by atoms with Crippen LogP contribution < -0.4 is 15.9 Å². The number of β-lactam (4-membered cyclic amide) rings is 1. The summed E-state index contributed by atoms with van der Waals surface area (Å²) in [5, 5.41) is 23.0. The molecule has 0 unspecified atom stereocenters. The molecule has 11 heteroatoms. The second-order valence-electron chi connectivity index (χ2n) is 7.37. The molecule has 0 saturated carbocycles. The minimum Gasteiger partial charge on any atom is -0.543 e. The number of aromatic hydroxyl groups is 1. The van der Waals surface area contributed by atoms with E-state index in [4.69, 9.17) is 0 Å². The van der Waals surface area contributed by atoms with Gasteiger partial charge in [-0.2, -0.15) is 0 Å². The quantitative estimate of drug-likeness (QED) is 0.261. The van der Waals surface area contributed by atoms with E-state index in [1.54, 1.807) is 0 Å². The van der Waals surface area contributed by atoms with Crippen molar-refractivity contribution in [2.45, 2.75) is 18.0 Å². The van der Waals surface area contributed by atoms with Crippen molar-refractivity contribution in [1.29, 1.82) is 0 Å². The number of carbonyl (C=O) groups is 3. The third-order valence-corrected chi connectivity index (χ3v) is 6.00. The van der Waals surface area contributed by atoms with Gasteiger partial charge >= 0.3 is 0 Å². The Kier molecular flexibility index (Phi) is 5.22. The van der Waals surface area contributed by atoms with Crippen LogP contribution in [0.3, 0.4) is 0 Å². The lowest BCUT2D eigenvalue weighted by Gasteiger charge is -2.50. The van der Waals surface area contributed by atoms with E-state index in [-0.39, 0.29) is 11.4 Å². The molecule has 3 N–H and O–H groups in total. The summed E-state index contributed by atoms with van der Waals surface area (Å²) in [6.45, 7) is 0.679. The molecular formula is C17H20N4O6S. The van der Waals surface area contributed by atoms with Crippen LogP contribution in [-0.4, -0.2) is 75.6 Å². The average molecular weight is 408 g/mol. The molecule has 2 aliphatic heterocycles. The number of H-pyrrole nitrogens is 1. The number of thioether (sulfide) groups is 1. The van der Waals surface area contributed by atoms with Crippen LogP contribution in [0, 0.1) is 0 Å². The molecular weight excluding hydrogens is 388 g/mol. The molecule has 0 aromatic carbocycles. The smallest absolute Gasteiger partial charge is 0.253 e. The Hall–Kier alpha value is -2.79. The highest BCUT2D eigenvalue weighted by Crippen LogP contribution is 2.40. The molecule has 2 aliphatic rings. The highest BCUT2D eigenvalue weighted by Gasteiger charge is 2.52. The van der Waals surface area contributed by atoms with Gasteiger partial charge in [-0.05, 0) is 0 Å². The summed E-state index contributed by atoms with van der Waals surface area (Å²) in [5.74, 6) is -1.91. The van der Waals surface area contributed by atoms with Crippen molar-refractivity contribution < 1.29 is 29.1 Å². The molecule has 0 aliphatic carbocycles. The topological polar surface area (TPSA) is 143 Å². The number of hydrogen-bond acceptors (Lipinski definition) is 7. The van der Waals surface area contributed by atoms with Crippen molar-refractivity contribution in [3.63, 3.8) is 0 Å². The van der Waals surface area contributed by atoms with Crippen molar-refractivity contribution >= 4 is 30.0 Å². The summed E-state index contributed by atoms with van der Waals surface area (Å²) in [6, 6.07) is 0.562. The van der Waals surface area contributed by atoms with Gasteiger partial charge in [-0.15, -0.1) is 11.8 Å². The van der Waals surface area contributed by atoms with Crippen LogP contribution in [-0.2, 0) is 20.9 Å². The minimum absolute atomic E-state index is 0.150. The highest BCUT2D eigenvalue weighted by atomic mass is 32.2. The van der Waals surface area contributed by atoms with Crippen LogP contribution in [0.4, 0.5) is 0 Å². The van der Waals surface area contributed by atoms with Gasteiger partial charge in [0.1, 0.15) is 24.5 Å². The first-order valence-electron chi connectivity index (χ1n) is 8.45. The molecule has 1 aromatic heterocycles. The Balaban J connectivity index is 1.83. The predicted molar refractivity (Wildman–Crippen MR) is 97.5 cm³/mol. The van der Waals surface area contributed by atoms with Crippen LogP contribution in [0.5, 0.6) is 5.75 Å². The van der Waals surface area contributed by atoms with E-state index in [2.05, 4.69) is 10.3 Å². The molecule has 2 amide bonds. The lowest BCUT2D eigenvalue weighted by atomic mass is 10.0. The first-order valence-corrected chi connectivity index (χ1v) is 9.50. The zero-order valence-corrected chi connectivity index (χ0v) is 16.1. The van der Waals surface area contributed by atoms with Gasteiger partial charge in [-0.25, -0.2) is 0 Å². The molecule has 1 saturated heterocycles. The molecule has 2 atom stereocenters. The van der Waals surface area contributed by atoms with Crippen LogP contribution in [0.2, 0.25) is 0 Å².